The first kappa shape index (κ1) is 24.6. The second-order valence-electron chi connectivity index (χ2n) is 8.33. The van der Waals surface area contributed by atoms with E-state index in [1.165, 1.54) is 12.1 Å². The quantitative estimate of drug-likeness (QED) is 0.232. The van der Waals surface area contributed by atoms with Crippen molar-refractivity contribution in [2.75, 3.05) is 0 Å². The summed E-state index contributed by atoms with van der Waals surface area (Å²) in [5.74, 6) is -0.712. The Balaban J connectivity index is 1.44. The maximum Gasteiger partial charge on any atom is 0.273 e. The van der Waals surface area contributed by atoms with E-state index in [2.05, 4.69) is 9.71 Å². The summed E-state index contributed by atoms with van der Waals surface area (Å²) in [7, 11) is -4.02. The van der Waals surface area contributed by atoms with E-state index >= 15 is 0 Å². The number of carbonyl (C=O) groups excluding carboxylic acids is 1. The number of amides is 1. The molecule has 0 aliphatic carbocycles. The van der Waals surface area contributed by atoms with Gasteiger partial charge in [-0.25, -0.2) is 13.1 Å². The molecule has 0 aliphatic heterocycles. The Morgan fingerprint density at radius 2 is 1.72 bits per heavy atom. The largest absolute Gasteiger partial charge is 0.358 e. The monoisotopic (exact) mass is 554 g/mol. The topological polar surface area (TPSA) is 79.0 Å². The van der Waals surface area contributed by atoms with E-state index in [-0.39, 0.29) is 9.77 Å². The molecule has 5 nitrogen and oxygen atoms in total. The van der Waals surface area contributed by atoms with Crippen molar-refractivity contribution in [1.29, 1.82) is 0 Å². The number of benzene rings is 3. The minimum atomic E-state index is -4.02. The van der Waals surface area contributed by atoms with Crippen LogP contribution in [0.25, 0.3) is 22.0 Å². The van der Waals surface area contributed by atoms with Gasteiger partial charge in [0, 0.05) is 33.6 Å². The van der Waals surface area contributed by atoms with Gasteiger partial charge in [-0.15, -0.1) is 11.3 Å². The van der Waals surface area contributed by atoms with Crippen LogP contribution in [0.1, 0.15) is 27.2 Å². The summed E-state index contributed by atoms with van der Waals surface area (Å²) in [6.07, 6.45) is 0.552. The molecule has 0 atom stereocenters. The molecular formula is C27H20Cl2N2O3S2. The molecule has 0 spiro atoms. The van der Waals surface area contributed by atoms with Crippen molar-refractivity contribution in [3.8, 4) is 11.1 Å². The number of thiophene rings is 1. The highest BCUT2D eigenvalue weighted by atomic mass is 35.5. The Bertz CT molecular complexity index is 1710. The third-order valence-electron chi connectivity index (χ3n) is 5.95. The van der Waals surface area contributed by atoms with Gasteiger partial charge < -0.3 is 4.98 Å². The maximum absolute atomic E-state index is 12.8. The number of H-pyrrole nitrogens is 1. The summed E-state index contributed by atoms with van der Waals surface area (Å²) >= 11 is 13.4. The van der Waals surface area contributed by atoms with Crippen LogP contribution in [-0.4, -0.2) is 19.3 Å². The van der Waals surface area contributed by atoms with Gasteiger partial charge in [-0.05, 0) is 65.6 Å². The molecule has 0 unspecified atom stereocenters. The van der Waals surface area contributed by atoms with Crippen LogP contribution in [0.3, 0.4) is 0 Å². The van der Waals surface area contributed by atoms with Gasteiger partial charge in [-0.3, -0.25) is 4.79 Å². The predicted octanol–water partition coefficient (Wildman–Crippen LogP) is 7.22. The highest BCUT2D eigenvalue weighted by Gasteiger charge is 2.22. The maximum atomic E-state index is 12.8. The average molecular weight is 556 g/mol. The van der Waals surface area contributed by atoms with E-state index < -0.39 is 15.9 Å². The van der Waals surface area contributed by atoms with Crippen LogP contribution in [0.2, 0.25) is 9.36 Å². The molecule has 5 aromatic rings. The van der Waals surface area contributed by atoms with Crippen molar-refractivity contribution < 1.29 is 13.2 Å². The van der Waals surface area contributed by atoms with Crippen LogP contribution in [-0.2, 0) is 16.4 Å². The number of aromatic amines is 1. The van der Waals surface area contributed by atoms with Crippen LogP contribution in [0.5, 0.6) is 0 Å². The molecule has 0 radical (unpaired) electrons. The second kappa shape index (κ2) is 9.75. The zero-order valence-electron chi connectivity index (χ0n) is 19.0. The Labute approximate surface area is 222 Å². The molecule has 0 fully saturated rings. The van der Waals surface area contributed by atoms with Gasteiger partial charge in [-0.2, -0.15) is 0 Å². The van der Waals surface area contributed by atoms with Crippen molar-refractivity contribution in [2.45, 2.75) is 17.6 Å². The van der Waals surface area contributed by atoms with Crippen molar-refractivity contribution >= 4 is 61.4 Å². The lowest BCUT2D eigenvalue weighted by atomic mass is 9.98. The molecule has 2 N–H and O–H groups in total. The molecule has 3 aromatic carbocycles. The van der Waals surface area contributed by atoms with E-state index in [9.17, 15) is 13.2 Å². The fourth-order valence-electron chi connectivity index (χ4n) is 4.12. The minimum Gasteiger partial charge on any atom is -0.358 e. The van der Waals surface area contributed by atoms with Gasteiger partial charge in [0.15, 0.2) is 0 Å². The number of carbonyl (C=O) groups is 1. The van der Waals surface area contributed by atoms with E-state index in [1.807, 2.05) is 55.5 Å². The predicted molar refractivity (Wildman–Crippen MR) is 147 cm³/mol. The van der Waals surface area contributed by atoms with Gasteiger partial charge in [0.05, 0.1) is 4.34 Å². The zero-order valence-corrected chi connectivity index (χ0v) is 22.2. The molecule has 0 bridgehead atoms. The van der Waals surface area contributed by atoms with Crippen molar-refractivity contribution in [3.63, 3.8) is 0 Å². The van der Waals surface area contributed by atoms with E-state index in [0.717, 1.165) is 50.2 Å². The van der Waals surface area contributed by atoms with Crippen molar-refractivity contribution in [1.82, 2.24) is 9.71 Å². The first-order chi connectivity index (χ1) is 17.2. The van der Waals surface area contributed by atoms with Crippen LogP contribution >= 0.6 is 34.5 Å². The highest BCUT2D eigenvalue weighted by Crippen LogP contribution is 2.31. The van der Waals surface area contributed by atoms with Gasteiger partial charge in [0.25, 0.3) is 15.9 Å². The number of hydrogen-bond donors (Lipinski definition) is 2. The summed E-state index contributed by atoms with van der Waals surface area (Å²) in [5, 5.41) is 1.49. The molecule has 0 aliphatic rings. The third-order valence-corrected chi connectivity index (χ3v) is 9.36. The normalized spacial score (nSPS) is 11.6. The van der Waals surface area contributed by atoms with E-state index in [4.69, 9.17) is 23.2 Å². The first-order valence-electron chi connectivity index (χ1n) is 11.0. The number of fused-ring (bicyclic) bond motifs is 1. The van der Waals surface area contributed by atoms with E-state index in [0.29, 0.717) is 15.8 Å². The van der Waals surface area contributed by atoms with Crippen LogP contribution in [0.4, 0.5) is 0 Å². The summed E-state index contributed by atoms with van der Waals surface area (Å²) in [6.45, 7) is 1.96. The Hall–Kier alpha value is -3.10. The first-order valence-corrected chi connectivity index (χ1v) is 14.0. The Kier molecular flexibility index (Phi) is 6.66. The number of aryl methyl sites for hydroxylation is 1. The number of hydrogen-bond acceptors (Lipinski definition) is 4. The molecular weight excluding hydrogens is 535 g/mol. The fourth-order valence-corrected chi connectivity index (χ4v) is 6.82. The number of halogens is 2. The van der Waals surface area contributed by atoms with Crippen LogP contribution in [0.15, 0.2) is 83.1 Å². The lowest BCUT2D eigenvalue weighted by molar-refractivity contribution is 0.0981. The smallest absolute Gasteiger partial charge is 0.273 e. The average Bonchev–Trinajstić information content (AvgIpc) is 3.43. The van der Waals surface area contributed by atoms with Gasteiger partial charge in [0.1, 0.15) is 4.21 Å². The van der Waals surface area contributed by atoms with E-state index in [1.54, 1.807) is 18.2 Å². The Morgan fingerprint density at radius 3 is 2.42 bits per heavy atom. The zero-order chi connectivity index (χ0) is 25.4. The SMILES string of the molecule is Cc1[nH]c2ccc(C(=O)NS(=O)(=O)c3ccc(Cl)s3)cc2c1Cc1ccc(-c2ccccc2)cc1Cl. The standard InChI is InChI=1S/C27H20Cl2N2O3S2/c1-16-21(13-19-8-7-18(15-23(19)28)17-5-3-2-4-6-17)22-14-20(9-10-24(22)30-16)27(32)31-36(33,34)26-12-11-25(29)35-26/h2-12,14-15,30H,13H2,1H3,(H,31,32). The summed E-state index contributed by atoms with van der Waals surface area (Å²) < 4.78 is 27.6. The summed E-state index contributed by atoms with van der Waals surface area (Å²) in [5.41, 5.74) is 6.10. The molecule has 36 heavy (non-hydrogen) atoms. The molecule has 0 saturated carbocycles. The number of sulfonamides is 1. The van der Waals surface area contributed by atoms with Crippen LogP contribution < -0.4 is 4.72 Å². The second-order valence-corrected chi connectivity index (χ2v) is 12.4. The third kappa shape index (κ3) is 4.92. The number of aromatic nitrogens is 1. The lowest BCUT2D eigenvalue weighted by Crippen LogP contribution is -2.30. The van der Waals surface area contributed by atoms with Gasteiger partial charge in [0.2, 0.25) is 0 Å². The highest BCUT2D eigenvalue weighted by molar-refractivity contribution is 7.92. The Morgan fingerprint density at radius 1 is 0.944 bits per heavy atom. The number of nitrogens with one attached hydrogen (secondary N) is 2. The summed E-state index contributed by atoms with van der Waals surface area (Å²) in [4.78, 5) is 16.2. The van der Waals surface area contributed by atoms with Crippen LogP contribution in [0, 0.1) is 6.92 Å². The molecule has 0 saturated heterocycles. The molecule has 9 heteroatoms. The lowest BCUT2D eigenvalue weighted by Gasteiger charge is -2.09. The van der Waals surface area contributed by atoms with Crippen molar-refractivity contribution in [2.24, 2.45) is 0 Å². The molecule has 2 heterocycles. The van der Waals surface area contributed by atoms with Gasteiger partial charge >= 0.3 is 0 Å². The molecule has 182 valence electrons. The van der Waals surface area contributed by atoms with Gasteiger partial charge in [-0.1, -0.05) is 65.7 Å². The fraction of sp³-hybridized carbons (Fsp3) is 0.0741. The minimum absolute atomic E-state index is 0.0197. The number of rotatable bonds is 6. The summed E-state index contributed by atoms with van der Waals surface area (Å²) in [6, 6.07) is 23.9. The molecule has 5 rings (SSSR count). The molecule has 1 amide bonds. The van der Waals surface area contributed by atoms with Crippen molar-refractivity contribution in [3.05, 3.63) is 111 Å². The molecule has 2 aromatic heterocycles.